The zero-order valence-electron chi connectivity index (χ0n) is 11.0. The minimum Gasteiger partial charge on any atom is -0.397 e. The van der Waals surface area contributed by atoms with Crippen LogP contribution in [-0.2, 0) is 0 Å². The summed E-state index contributed by atoms with van der Waals surface area (Å²) in [4.78, 5) is 4.42. The van der Waals surface area contributed by atoms with Gasteiger partial charge in [-0.1, -0.05) is 24.3 Å². The van der Waals surface area contributed by atoms with E-state index in [-0.39, 0.29) is 0 Å². The molecule has 2 nitrogen and oxygen atoms in total. The Hall–Kier alpha value is -1.91. The minimum atomic E-state index is 0.718. The topological polar surface area (TPSA) is 38.9 Å². The van der Waals surface area contributed by atoms with Crippen LogP contribution in [0, 0.1) is 0 Å². The van der Waals surface area contributed by atoms with Gasteiger partial charge < -0.3 is 5.73 Å². The van der Waals surface area contributed by atoms with Crippen LogP contribution < -0.4 is 5.73 Å². The summed E-state index contributed by atoms with van der Waals surface area (Å²) in [6.07, 6.45) is 1.78. The van der Waals surface area contributed by atoms with E-state index in [1.807, 2.05) is 12.1 Å². The fraction of sp³-hybridized carbons (Fsp3) is 0. The summed E-state index contributed by atoms with van der Waals surface area (Å²) in [6.45, 7) is 0. The van der Waals surface area contributed by atoms with Crippen molar-refractivity contribution in [3.05, 3.63) is 58.5 Å². The van der Waals surface area contributed by atoms with Crippen molar-refractivity contribution in [2.75, 3.05) is 5.73 Å². The van der Waals surface area contributed by atoms with Crippen molar-refractivity contribution in [1.29, 1.82) is 0 Å². The predicted octanol–water partition coefficient (Wildman–Crippen LogP) is 5.46. The number of rotatable bonds is 1. The molecule has 2 aromatic carbocycles. The first-order valence-corrected chi connectivity index (χ1v) is 8.22. The number of nitrogen functional groups attached to an aromatic ring is 1. The van der Waals surface area contributed by atoms with Gasteiger partial charge in [0.05, 0.1) is 11.2 Å². The summed E-state index contributed by atoms with van der Waals surface area (Å²) >= 11 is 5.37. The first-order valence-electron chi connectivity index (χ1n) is 6.55. The molecule has 0 aliphatic carbocycles. The van der Waals surface area contributed by atoms with Crippen LogP contribution >= 0.6 is 27.3 Å². The van der Waals surface area contributed by atoms with Crippen LogP contribution in [0.5, 0.6) is 0 Å². The van der Waals surface area contributed by atoms with E-state index >= 15 is 0 Å². The minimum absolute atomic E-state index is 0.718. The Morgan fingerprint density at radius 1 is 0.952 bits per heavy atom. The molecule has 4 aromatic rings. The predicted molar refractivity (Wildman–Crippen MR) is 94.7 cm³/mol. The van der Waals surface area contributed by atoms with Crippen LogP contribution in [0.1, 0.15) is 0 Å². The third-order valence-electron chi connectivity index (χ3n) is 3.64. The number of thiophene rings is 1. The Labute approximate surface area is 134 Å². The van der Waals surface area contributed by atoms with E-state index in [9.17, 15) is 0 Å². The maximum atomic E-state index is 6.05. The number of anilines is 1. The van der Waals surface area contributed by atoms with Crippen molar-refractivity contribution in [1.82, 2.24) is 4.98 Å². The molecule has 0 fully saturated rings. The molecule has 4 rings (SSSR count). The lowest BCUT2D eigenvalue weighted by molar-refractivity contribution is 1.41. The van der Waals surface area contributed by atoms with Crippen LogP contribution in [0.25, 0.3) is 32.1 Å². The summed E-state index contributed by atoms with van der Waals surface area (Å²) in [6, 6.07) is 14.4. The summed E-state index contributed by atoms with van der Waals surface area (Å²) < 4.78 is 2.40. The van der Waals surface area contributed by atoms with Crippen molar-refractivity contribution in [3.63, 3.8) is 0 Å². The number of pyridine rings is 1. The first-order chi connectivity index (χ1) is 10.3. The zero-order valence-corrected chi connectivity index (χ0v) is 13.4. The molecule has 0 radical (unpaired) electrons. The zero-order chi connectivity index (χ0) is 14.4. The molecule has 0 saturated carbocycles. The molecule has 0 aliphatic heterocycles. The summed E-state index contributed by atoms with van der Waals surface area (Å²) in [5.74, 6) is 0. The largest absolute Gasteiger partial charge is 0.397 e. The second-order valence-electron chi connectivity index (χ2n) is 4.87. The SMILES string of the molecule is Nc1ccc(-c2csc3c(Br)cccc23)c2cccnc12. The van der Waals surface area contributed by atoms with E-state index < -0.39 is 0 Å². The number of nitrogens with zero attached hydrogens (tertiary/aromatic N) is 1. The number of halogens is 1. The van der Waals surface area contributed by atoms with Crippen molar-refractivity contribution in [2.24, 2.45) is 0 Å². The van der Waals surface area contributed by atoms with Gasteiger partial charge in [-0.25, -0.2) is 0 Å². The number of nitrogens with two attached hydrogens (primary N) is 1. The average Bonchev–Trinajstić information content (AvgIpc) is 2.93. The van der Waals surface area contributed by atoms with Gasteiger partial charge in [-0.15, -0.1) is 11.3 Å². The Bertz CT molecular complexity index is 975. The quantitative estimate of drug-likeness (QED) is 0.461. The molecule has 21 heavy (non-hydrogen) atoms. The molecule has 0 atom stereocenters. The number of benzene rings is 2. The Balaban J connectivity index is 2.10. The first kappa shape index (κ1) is 12.8. The Morgan fingerprint density at radius 3 is 2.71 bits per heavy atom. The Kier molecular flexibility index (Phi) is 2.94. The molecular weight excluding hydrogens is 344 g/mol. The van der Waals surface area contributed by atoms with E-state index in [1.165, 1.54) is 21.2 Å². The van der Waals surface area contributed by atoms with Crippen molar-refractivity contribution in [3.8, 4) is 11.1 Å². The summed E-state index contributed by atoms with van der Waals surface area (Å²) in [7, 11) is 0. The molecule has 4 heteroatoms. The smallest absolute Gasteiger partial charge is 0.0937 e. The number of aromatic nitrogens is 1. The molecular formula is C17H11BrN2S. The van der Waals surface area contributed by atoms with Crippen LogP contribution in [0.3, 0.4) is 0 Å². The third kappa shape index (κ3) is 1.94. The fourth-order valence-electron chi connectivity index (χ4n) is 2.66. The van der Waals surface area contributed by atoms with Crippen LogP contribution in [0.4, 0.5) is 5.69 Å². The summed E-state index contributed by atoms with van der Waals surface area (Å²) in [5.41, 5.74) is 10.0. The van der Waals surface area contributed by atoms with E-state index in [1.54, 1.807) is 17.5 Å². The van der Waals surface area contributed by atoms with Crippen molar-refractivity contribution < 1.29 is 0 Å². The number of hydrogen-bond acceptors (Lipinski definition) is 3. The maximum absolute atomic E-state index is 6.05. The van der Waals surface area contributed by atoms with Gasteiger partial charge in [0.25, 0.3) is 0 Å². The lowest BCUT2D eigenvalue weighted by Gasteiger charge is -2.07. The van der Waals surface area contributed by atoms with Crippen LogP contribution in [-0.4, -0.2) is 4.98 Å². The van der Waals surface area contributed by atoms with Gasteiger partial charge >= 0.3 is 0 Å². The lowest BCUT2D eigenvalue weighted by Crippen LogP contribution is -1.91. The van der Waals surface area contributed by atoms with Gasteiger partial charge in [-0.3, -0.25) is 4.98 Å². The third-order valence-corrected chi connectivity index (χ3v) is 5.60. The maximum Gasteiger partial charge on any atom is 0.0937 e. The molecule has 0 bridgehead atoms. The fourth-order valence-corrected chi connectivity index (χ4v) is 4.28. The average molecular weight is 355 g/mol. The van der Waals surface area contributed by atoms with Gasteiger partial charge in [-0.05, 0) is 45.1 Å². The van der Waals surface area contributed by atoms with E-state index in [4.69, 9.17) is 5.73 Å². The van der Waals surface area contributed by atoms with Crippen LogP contribution in [0.2, 0.25) is 0 Å². The number of hydrogen-bond donors (Lipinski definition) is 1. The standard InChI is InChI=1S/C17H11BrN2S/c18-14-5-1-3-12-13(9-21-17(12)14)10-6-7-15(19)16-11(10)4-2-8-20-16/h1-9H,19H2. The molecule has 2 aromatic heterocycles. The highest BCUT2D eigenvalue weighted by Gasteiger charge is 2.12. The number of fused-ring (bicyclic) bond motifs is 2. The molecule has 0 spiro atoms. The van der Waals surface area contributed by atoms with E-state index in [0.29, 0.717) is 0 Å². The van der Waals surface area contributed by atoms with Gasteiger partial charge in [-0.2, -0.15) is 0 Å². The molecule has 0 amide bonds. The second kappa shape index (κ2) is 4.83. The normalized spacial score (nSPS) is 11.3. The highest BCUT2D eigenvalue weighted by molar-refractivity contribution is 9.10. The monoisotopic (exact) mass is 354 g/mol. The molecule has 0 unspecified atom stereocenters. The van der Waals surface area contributed by atoms with E-state index in [0.717, 1.165) is 21.1 Å². The van der Waals surface area contributed by atoms with Crippen molar-refractivity contribution >= 4 is 53.9 Å². The van der Waals surface area contributed by atoms with E-state index in [2.05, 4.69) is 56.6 Å². The molecule has 0 saturated heterocycles. The van der Waals surface area contributed by atoms with Gasteiger partial charge in [0.2, 0.25) is 0 Å². The molecule has 2 heterocycles. The molecule has 0 aliphatic rings. The molecule has 2 N–H and O–H groups in total. The highest BCUT2D eigenvalue weighted by Crippen LogP contribution is 2.40. The lowest BCUT2D eigenvalue weighted by atomic mass is 9.99. The Morgan fingerprint density at radius 2 is 1.81 bits per heavy atom. The van der Waals surface area contributed by atoms with Gasteiger partial charge in [0.15, 0.2) is 0 Å². The highest BCUT2D eigenvalue weighted by atomic mass is 79.9. The molecule has 102 valence electrons. The van der Waals surface area contributed by atoms with Gasteiger partial charge in [0, 0.05) is 31.7 Å². The van der Waals surface area contributed by atoms with Crippen molar-refractivity contribution in [2.45, 2.75) is 0 Å². The van der Waals surface area contributed by atoms with Gasteiger partial charge in [0.1, 0.15) is 0 Å². The second-order valence-corrected chi connectivity index (χ2v) is 6.60. The summed E-state index contributed by atoms with van der Waals surface area (Å²) in [5, 5.41) is 4.55. The van der Waals surface area contributed by atoms with Crippen LogP contribution in [0.15, 0.2) is 58.5 Å².